The fourth-order valence-corrected chi connectivity index (χ4v) is 2.65. The number of benzene rings is 1. The van der Waals surface area contributed by atoms with Crippen LogP contribution < -0.4 is 15.5 Å². The second-order valence-electron chi connectivity index (χ2n) is 6.12. The highest BCUT2D eigenvalue weighted by Gasteiger charge is 2.18. The van der Waals surface area contributed by atoms with E-state index in [0.717, 1.165) is 38.1 Å². The first-order valence-corrected chi connectivity index (χ1v) is 8.12. The predicted molar refractivity (Wildman–Crippen MR) is 91.6 cm³/mol. The van der Waals surface area contributed by atoms with Crippen LogP contribution in [0.15, 0.2) is 30.6 Å². The van der Waals surface area contributed by atoms with Crippen LogP contribution in [0.4, 0.5) is 30.9 Å². The second kappa shape index (κ2) is 7.42. The summed E-state index contributed by atoms with van der Waals surface area (Å²) < 4.78 is 27.0. The number of aromatic nitrogens is 2. The van der Waals surface area contributed by atoms with Crippen molar-refractivity contribution in [1.29, 1.82) is 0 Å². The molecule has 0 saturated carbocycles. The fourth-order valence-electron chi connectivity index (χ4n) is 2.65. The van der Waals surface area contributed by atoms with Gasteiger partial charge in [-0.3, -0.25) is 0 Å². The topological polar surface area (TPSA) is 70.2 Å². The van der Waals surface area contributed by atoms with Gasteiger partial charge in [0, 0.05) is 13.1 Å². The molecule has 1 saturated heterocycles. The molecule has 1 aromatic carbocycles. The maximum Gasteiger partial charge on any atom is 0.323 e. The maximum absolute atomic E-state index is 13.5. The second-order valence-corrected chi connectivity index (χ2v) is 6.12. The Morgan fingerprint density at radius 3 is 2.32 bits per heavy atom. The summed E-state index contributed by atoms with van der Waals surface area (Å²) in [5.41, 5.74) is -0.164. The standard InChI is InChI=1S/C17H19F2N5O/c1-11-5-7-24(8-6-11)16-20-9-12(10-21-16)22-17(25)23-15-13(18)3-2-4-14(15)19/h2-4,9-11H,5-8H2,1H3,(H2,22,23,25). The minimum atomic E-state index is -0.846. The Balaban J connectivity index is 1.60. The van der Waals surface area contributed by atoms with E-state index < -0.39 is 23.4 Å². The average molecular weight is 347 g/mol. The van der Waals surface area contributed by atoms with Crippen LogP contribution in [0.1, 0.15) is 19.8 Å². The Kier molecular flexibility index (Phi) is 5.06. The molecule has 6 nitrogen and oxygen atoms in total. The normalized spacial score (nSPS) is 15.1. The average Bonchev–Trinajstić information content (AvgIpc) is 2.60. The van der Waals surface area contributed by atoms with E-state index in [1.54, 1.807) is 0 Å². The summed E-state index contributed by atoms with van der Waals surface area (Å²) in [5, 5.41) is 4.60. The Bertz CT molecular complexity index is 725. The molecule has 2 N–H and O–H groups in total. The number of rotatable bonds is 3. The van der Waals surface area contributed by atoms with Crippen LogP contribution in [0.5, 0.6) is 0 Å². The zero-order valence-electron chi connectivity index (χ0n) is 13.8. The number of urea groups is 1. The number of nitrogens with one attached hydrogen (secondary N) is 2. The van der Waals surface area contributed by atoms with Crippen LogP contribution in [0.2, 0.25) is 0 Å². The van der Waals surface area contributed by atoms with E-state index in [9.17, 15) is 13.6 Å². The van der Waals surface area contributed by atoms with Crippen molar-refractivity contribution in [3.05, 3.63) is 42.2 Å². The van der Waals surface area contributed by atoms with Gasteiger partial charge in [0.25, 0.3) is 0 Å². The number of para-hydroxylation sites is 1. The highest BCUT2D eigenvalue weighted by atomic mass is 19.1. The molecule has 2 aromatic rings. The SMILES string of the molecule is CC1CCN(c2ncc(NC(=O)Nc3c(F)cccc3F)cn2)CC1. The molecule has 0 radical (unpaired) electrons. The Labute approximate surface area is 144 Å². The summed E-state index contributed by atoms with van der Waals surface area (Å²) >= 11 is 0. The number of hydrogen-bond donors (Lipinski definition) is 2. The minimum Gasteiger partial charge on any atom is -0.341 e. The molecule has 1 aromatic heterocycles. The lowest BCUT2D eigenvalue weighted by molar-refractivity contribution is 0.262. The largest absolute Gasteiger partial charge is 0.341 e. The molecular formula is C17H19F2N5O. The van der Waals surface area contributed by atoms with Crippen molar-refractivity contribution in [2.75, 3.05) is 28.6 Å². The zero-order chi connectivity index (χ0) is 17.8. The number of carbonyl (C=O) groups excluding carboxylic acids is 1. The molecule has 3 rings (SSSR count). The van der Waals surface area contributed by atoms with Crippen LogP contribution in [0.3, 0.4) is 0 Å². The molecule has 0 bridgehead atoms. The van der Waals surface area contributed by atoms with E-state index in [1.807, 2.05) is 0 Å². The van der Waals surface area contributed by atoms with E-state index in [1.165, 1.54) is 18.5 Å². The van der Waals surface area contributed by atoms with E-state index in [-0.39, 0.29) is 0 Å². The van der Waals surface area contributed by atoms with Gasteiger partial charge in [0.2, 0.25) is 5.95 Å². The van der Waals surface area contributed by atoms with Crippen LogP contribution >= 0.6 is 0 Å². The summed E-state index contributed by atoms with van der Waals surface area (Å²) in [7, 11) is 0. The highest BCUT2D eigenvalue weighted by molar-refractivity contribution is 5.99. The summed E-state index contributed by atoms with van der Waals surface area (Å²) in [5.74, 6) is -0.375. The smallest absolute Gasteiger partial charge is 0.323 e. The Hall–Kier alpha value is -2.77. The Morgan fingerprint density at radius 2 is 1.72 bits per heavy atom. The van der Waals surface area contributed by atoms with Crippen molar-refractivity contribution in [2.24, 2.45) is 5.92 Å². The van der Waals surface area contributed by atoms with Gasteiger partial charge in [-0.2, -0.15) is 0 Å². The summed E-state index contributed by atoms with van der Waals surface area (Å²) in [6, 6.07) is 2.58. The van der Waals surface area contributed by atoms with Gasteiger partial charge in [-0.15, -0.1) is 0 Å². The quantitative estimate of drug-likeness (QED) is 0.889. The van der Waals surface area contributed by atoms with Crippen molar-refractivity contribution in [3.8, 4) is 0 Å². The van der Waals surface area contributed by atoms with Crippen molar-refractivity contribution >= 4 is 23.4 Å². The molecule has 1 aliphatic rings. The van der Waals surface area contributed by atoms with Gasteiger partial charge in [-0.05, 0) is 30.9 Å². The van der Waals surface area contributed by atoms with Crippen molar-refractivity contribution in [3.63, 3.8) is 0 Å². The monoisotopic (exact) mass is 347 g/mol. The number of amides is 2. The van der Waals surface area contributed by atoms with Gasteiger partial charge in [0.15, 0.2) is 0 Å². The van der Waals surface area contributed by atoms with Gasteiger partial charge in [0.05, 0.1) is 18.1 Å². The van der Waals surface area contributed by atoms with Crippen LogP contribution in [0, 0.1) is 17.6 Å². The zero-order valence-corrected chi connectivity index (χ0v) is 13.8. The molecule has 8 heteroatoms. The minimum absolute atomic E-state index is 0.336. The molecular weight excluding hydrogens is 328 g/mol. The van der Waals surface area contributed by atoms with Gasteiger partial charge < -0.3 is 15.5 Å². The van der Waals surface area contributed by atoms with Crippen LogP contribution in [0.25, 0.3) is 0 Å². The van der Waals surface area contributed by atoms with Gasteiger partial charge in [0.1, 0.15) is 17.3 Å². The molecule has 1 aliphatic heterocycles. The molecule has 0 unspecified atom stereocenters. The third kappa shape index (κ3) is 4.20. The summed E-state index contributed by atoms with van der Waals surface area (Å²) in [6.07, 6.45) is 5.13. The molecule has 132 valence electrons. The number of halogens is 2. The molecule has 2 heterocycles. The van der Waals surface area contributed by atoms with Crippen LogP contribution in [-0.2, 0) is 0 Å². The van der Waals surface area contributed by atoms with Gasteiger partial charge in [-0.25, -0.2) is 23.5 Å². The number of anilines is 3. The Morgan fingerprint density at radius 1 is 1.12 bits per heavy atom. The first-order chi connectivity index (χ1) is 12.0. The molecule has 0 aliphatic carbocycles. The van der Waals surface area contributed by atoms with E-state index in [4.69, 9.17) is 0 Å². The van der Waals surface area contributed by atoms with Crippen molar-refractivity contribution < 1.29 is 13.6 Å². The number of carbonyl (C=O) groups is 1. The van der Waals surface area contributed by atoms with E-state index in [2.05, 4.69) is 32.4 Å². The van der Waals surface area contributed by atoms with E-state index >= 15 is 0 Å². The third-order valence-corrected chi connectivity index (χ3v) is 4.16. The summed E-state index contributed by atoms with van der Waals surface area (Å²) in [6.45, 7) is 4.03. The molecule has 25 heavy (non-hydrogen) atoms. The number of piperidine rings is 1. The summed E-state index contributed by atoms with van der Waals surface area (Å²) in [4.78, 5) is 22.5. The lowest BCUT2D eigenvalue weighted by atomic mass is 10.00. The van der Waals surface area contributed by atoms with E-state index in [0.29, 0.717) is 17.6 Å². The first-order valence-electron chi connectivity index (χ1n) is 8.12. The molecule has 2 amide bonds. The predicted octanol–water partition coefficient (Wildman–Crippen LogP) is 3.64. The first kappa shape index (κ1) is 17.1. The van der Waals surface area contributed by atoms with Crippen molar-refractivity contribution in [1.82, 2.24) is 9.97 Å². The lowest BCUT2D eigenvalue weighted by Crippen LogP contribution is -2.34. The van der Waals surface area contributed by atoms with Gasteiger partial charge in [-0.1, -0.05) is 13.0 Å². The number of nitrogens with zero attached hydrogens (tertiary/aromatic N) is 3. The third-order valence-electron chi connectivity index (χ3n) is 4.16. The molecule has 0 spiro atoms. The lowest BCUT2D eigenvalue weighted by Gasteiger charge is -2.30. The molecule has 0 atom stereocenters. The van der Waals surface area contributed by atoms with Crippen molar-refractivity contribution in [2.45, 2.75) is 19.8 Å². The highest BCUT2D eigenvalue weighted by Crippen LogP contribution is 2.21. The van der Waals surface area contributed by atoms with Crippen LogP contribution in [-0.4, -0.2) is 29.1 Å². The van der Waals surface area contributed by atoms with Gasteiger partial charge >= 0.3 is 6.03 Å². The maximum atomic E-state index is 13.5. The number of hydrogen-bond acceptors (Lipinski definition) is 4. The fraction of sp³-hybridized carbons (Fsp3) is 0.353. The molecule has 1 fully saturated rings.